The van der Waals surface area contributed by atoms with Crippen molar-refractivity contribution in [1.29, 1.82) is 0 Å². The zero-order valence-electron chi connectivity index (χ0n) is 18.2. The third-order valence-electron chi connectivity index (χ3n) is 5.24. The molecule has 3 aromatic rings. The van der Waals surface area contributed by atoms with Crippen LogP contribution in [-0.2, 0) is 34.2 Å². The lowest BCUT2D eigenvalue weighted by Crippen LogP contribution is -2.37. The van der Waals surface area contributed by atoms with Gasteiger partial charge < -0.3 is 5.32 Å². The maximum Gasteiger partial charge on any atom is 0.243 e. The molecule has 1 amide bonds. The number of halogens is 1. The fourth-order valence-corrected chi connectivity index (χ4v) is 4.91. The Morgan fingerprint density at radius 2 is 1.47 bits per heavy atom. The van der Waals surface area contributed by atoms with Crippen molar-refractivity contribution >= 4 is 21.6 Å². The maximum atomic E-state index is 13.3. The number of anilines is 1. The molecule has 0 aliphatic rings. The van der Waals surface area contributed by atoms with Gasteiger partial charge in [-0.1, -0.05) is 62.4 Å². The van der Waals surface area contributed by atoms with E-state index in [2.05, 4.69) is 5.32 Å². The number of carbonyl (C=O) groups excluding carboxylic acids is 1. The van der Waals surface area contributed by atoms with E-state index >= 15 is 0 Å². The summed E-state index contributed by atoms with van der Waals surface area (Å²) in [5.41, 5.74) is 3.31. The summed E-state index contributed by atoms with van der Waals surface area (Å²) in [6.45, 7) is 3.59. The number of nitrogens with zero attached hydrogens (tertiary/aromatic N) is 1. The highest BCUT2D eigenvalue weighted by Gasteiger charge is 2.27. The predicted molar refractivity (Wildman–Crippen MR) is 124 cm³/mol. The van der Waals surface area contributed by atoms with Gasteiger partial charge in [0.25, 0.3) is 0 Å². The first-order chi connectivity index (χ1) is 15.3. The molecule has 0 radical (unpaired) electrons. The van der Waals surface area contributed by atoms with Crippen molar-refractivity contribution in [2.24, 2.45) is 0 Å². The number of nitrogens with one attached hydrogen (secondary N) is 1. The molecule has 0 aromatic heterocycles. The summed E-state index contributed by atoms with van der Waals surface area (Å²) in [4.78, 5) is 13.1. The monoisotopic (exact) mass is 454 g/mol. The summed E-state index contributed by atoms with van der Waals surface area (Å²) in [7, 11) is -3.95. The van der Waals surface area contributed by atoms with Crippen LogP contribution < -0.4 is 5.32 Å². The normalized spacial score (nSPS) is 11.5. The van der Waals surface area contributed by atoms with E-state index in [-0.39, 0.29) is 18.0 Å². The van der Waals surface area contributed by atoms with Crippen LogP contribution in [0, 0.1) is 5.82 Å². The number of amides is 1. The second kappa shape index (κ2) is 10.5. The topological polar surface area (TPSA) is 66.5 Å². The first-order valence-electron chi connectivity index (χ1n) is 10.6. The predicted octanol–water partition coefficient (Wildman–Crippen LogP) is 4.78. The molecule has 3 rings (SSSR count). The second-order valence-electron chi connectivity index (χ2n) is 7.42. The summed E-state index contributed by atoms with van der Waals surface area (Å²) in [5, 5.41) is 2.92. The molecule has 168 valence electrons. The Morgan fingerprint density at radius 1 is 0.875 bits per heavy atom. The van der Waals surface area contributed by atoms with Crippen LogP contribution in [0.4, 0.5) is 10.1 Å². The third-order valence-corrected chi connectivity index (χ3v) is 7.04. The number of sulfonamides is 1. The number of rotatable bonds is 9. The highest BCUT2D eigenvalue weighted by molar-refractivity contribution is 7.89. The Balaban J connectivity index is 1.90. The Morgan fingerprint density at radius 3 is 2.03 bits per heavy atom. The molecule has 1 N–H and O–H groups in total. The summed E-state index contributed by atoms with van der Waals surface area (Å²) >= 11 is 0. The van der Waals surface area contributed by atoms with Crippen molar-refractivity contribution in [2.75, 3.05) is 11.9 Å². The van der Waals surface area contributed by atoms with E-state index in [0.717, 1.165) is 34.0 Å². The van der Waals surface area contributed by atoms with Gasteiger partial charge in [-0.25, -0.2) is 12.8 Å². The first kappa shape index (κ1) is 23.6. The number of hydrogen-bond acceptors (Lipinski definition) is 3. The molecule has 0 saturated heterocycles. The van der Waals surface area contributed by atoms with Gasteiger partial charge in [-0.15, -0.1) is 0 Å². The smallest absolute Gasteiger partial charge is 0.243 e. The molecule has 7 heteroatoms. The molecular formula is C25H27FN2O3S. The van der Waals surface area contributed by atoms with Gasteiger partial charge in [0, 0.05) is 12.2 Å². The van der Waals surface area contributed by atoms with Gasteiger partial charge in [0.1, 0.15) is 5.82 Å². The minimum atomic E-state index is -3.95. The molecule has 0 heterocycles. The van der Waals surface area contributed by atoms with Crippen LogP contribution in [0.15, 0.2) is 77.7 Å². The van der Waals surface area contributed by atoms with Crippen molar-refractivity contribution in [3.05, 3.63) is 95.3 Å². The van der Waals surface area contributed by atoms with E-state index < -0.39 is 21.7 Å². The molecule has 3 aromatic carbocycles. The number of aryl methyl sites for hydroxylation is 2. The minimum Gasteiger partial charge on any atom is -0.324 e. The van der Waals surface area contributed by atoms with Crippen LogP contribution in [0.2, 0.25) is 0 Å². The van der Waals surface area contributed by atoms with Crippen LogP contribution >= 0.6 is 0 Å². The lowest BCUT2D eigenvalue weighted by atomic mass is 10.0. The van der Waals surface area contributed by atoms with Gasteiger partial charge in [-0.3, -0.25) is 4.79 Å². The van der Waals surface area contributed by atoms with Gasteiger partial charge in [0.05, 0.1) is 11.4 Å². The minimum absolute atomic E-state index is 0.0546. The maximum absolute atomic E-state index is 13.3. The first-order valence-corrected chi connectivity index (χ1v) is 12.0. The molecular weight excluding hydrogens is 427 g/mol. The highest BCUT2D eigenvalue weighted by atomic mass is 32.2. The number of para-hydroxylation sites is 1. The van der Waals surface area contributed by atoms with Crippen molar-refractivity contribution in [3.63, 3.8) is 0 Å². The van der Waals surface area contributed by atoms with Crippen molar-refractivity contribution in [2.45, 2.75) is 38.1 Å². The van der Waals surface area contributed by atoms with E-state index in [4.69, 9.17) is 0 Å². The second-order valence-corrected chi connectivity index (χ2v) is 9.36. The van der Waals surface area contributed by atoms with E-state index in [0.29, 0.717) is 5.56 Å². The number of benzene rings is 3. The number of carbonyl (C=O) groups is 1. The van der Waals surface area contributed by atoms with E-state index in [1.165, 1.54) is 36.4 Å². The van der Waals surface area contributed by atoms with Crippen LogP contribution in [0.3, 0.4) is 0 Å². The molecule has 32 heavy (non-hydrogen) atoms. The zero-order valence-corrected chi connectivity index (χ0v) is 19.0. The zero-order chi connectivity index (χ0) is 23.1. The summed E-state index contributed by atoms with van der Waals surface area (Å²) in [5.74, 6) is -0.838. The van der Waals surface area contributed by atoms with Gasteiger partial charge in [-0.2, -0.15) is 4.31 Å². The van der Waals surface area contributed by atoms with Crippen LogP contribution in [0.1, 0.15) is 30.5 Å². The fourth-order valence-electron chi connectivity index (χ4n) is 3.50. The quantitative estimate of drug-likeness (QED) is 0.506. The van der Waals surface area contributed by atoms with Crippen molar-refractivity contribution in [3.8, 4) is 0 Å². The largest absolute Gasteiger partial charge is 0.324 e. The van der Waals surface area contributed by atoms with E-state index in [9.17, 15) is 17.6 Å². The fraction of sp³-hybridized carbons (Fsp3) is 0.240. The van der Waals surface area contributed by atoms with Crippen LogP contribution in [0.25, 0.3) is 0 Å². The molecule has 0 atom stereocenters. The summed E-state index contributed by atoms with van der Waals surface area (Å²) in [6.07, 6.45) is 1.48. The standard InChI is InChI=1S/C25H27FN2O3S/c1-3-20-9-8-10-21(4-2)25(20)27-24(29)18-28(17-19-13-15-22(26)16-14-19)32(30,31)23-11-6-5-7-12-23/h5-16H,3-4,17-18H2,1-2H3,(H,27,29). The van der Waals surface area contributed by atoms with Crippen LogP contribution in [0.5, 0.6) is 0 Å². The summed E-state index contributed by atoms with van der Waals surface area (Å²) in [6, 6.07) is 19.4. The average molecular weight is 455 g/mol. The Bertz CT molecular complexity index is 1140. The molecule has 0 unspecified atom stereocenters. The Kier molecular flexibility index (Phi) is 7.77. The average Bonchev–Trinajstić information content (AvgIpc) is 2.80. The van der Waals surface area contributed by atoms with Crippen molar-refractivity contribution < 1.29 is 17.6 Å². The molecule has 0 spiro atoms. The molecule has 5 nitrogen and oxygen atoms in total. The Hall–Kier alpha value is -3.03. The number of hydrogen-bond donors (Lipinski definition) is 1. The summed E-state index contributed by atoms with van der Waals surface area (Å²) < 4.78 is 41.1. The highest BCUT2D eigenvalue weighted by Crippen LogP contribution is 2.23. The third kappa shape index (κ3) is 5.60. The van der Waals surface area contributed by atoms with Gasteiger partial charge >= 0.3 is 0 Å². The van der Waals surface area contributed by atoms with Crippen molar-refractivity contribution in [1.82, 2.24) is 4.31 Å². The lowest BCUT2D eigenvalue weighted by molar-refractivity contribution is -0.116. The molecule has 0 bridgehead atoms. The SMILES string of the molecule is CCc1cccc(CC)c1NC(=O)CN(Cc1ccc(F)cc1)S(=O)(=O)c1ccccc1. The Labute approximate surface area is 188 Å². The molecule has 0 saturated carbocycles. The van der Waals surface area contributed by atoms with Gasteiger partial charge in [0.2, 0.25) is 15.9 Å². The van der Waals surface area contributed by atoms with E-state index in [1.54, 1.807) is 18.2 Å². The van der Waals surface area contributed by atoms with Gasteiger partial charge in [0.15, 0.2) is 0 Å². The molecule has 0 fully saturated rings. The molecule has 0 aliphatic heterocycles. The molecule has 0 aliphatic carbocycles. The lowest BCUT2D eigenvalue weighted by Gasteiger charge is -2.23. The van der Waals surface area contributed by atoms with Crippen LogP contribution in [-0.4, -0.2) is 25.2 Å². The van der Waals surface area contributed by atoms with E-state index in [1.807, 2.05) is 32.0 Å². The van der Waals surface area contributed by atoms with Gasteiger partial charge in [-0.05, 0) is 53.8 Å².